The fourth-order valence-corrected chi connectivity index (χ4v) is 3.95. The molecule has 2 aliphatic rings. The number of hydrogen-bond donors (Lipinski definition) is 1. The lowest BCUT2D eigenvalue weighted by Crippen LogP contribution is -2.49. The Hall–Kier alpha value is -2.20. The van der Waals surface area contributed by atoms with Crippen LogP contribution in [0.4, 0.5) is 0 Å². The monoisotopic (exact) mass is 435 g/mol. The van der Waals surface area contributed by atoms with E-state index in [0.717, 1.165) is 82.8 Å². The summed E-state index contributed by atoms with van der Waals surface area (Å²) >= 11 is 0. The second kappa shape index (κ2) is 12.0. The summed E-state index contributed by atoms with van der Waals surface area (Å²) in [5.41, 5.74) is 0. The number of guanidine groups is 1. The van der Waals surface area contributed by atoms with Crippen molar-refractivity contribution < 1.29 is 14.3 Å². The number of nitrogens with zero attached hydrogens (tertiary/aromatic N) is 6. The Labute approximate surface area is 185 Å². The van der Waals surface area contributed by atoms with Crippen molar-refractivity contribution >= 4 is 11.9 Å². The van der Waals surface area contributed by atoms with Gasteiger partial charge in [-0.15, -0.1) is 10.2 Å². The van der Waals surface area contributed by atoms with Gasteiger partial charge in [0.2, 0.25) is 0 Å². The van der Waals surface area contributed by atoms with Crippen molar-refractivity contribution in [1.82, 2.24) is 29.9 Å². The summed E-state index contributed by atoms with van der Waals surface area (Å²) in [7, 11) is 1.95. The Kier molecular flexibility index (Phi) is 9.08. The van der Waals surface area contributed by atoms with Crippen LogP contribution in [0, 0.1) is 12.8 Å². The van der Waals surface area contributed by atoms with Gasteiger partial charge in [0.1, 0.15) is 12.4 Å². The molecule has 0 radical (unpaired) electrons. The first-order valence-corrected chi connectivity index (χ1v) is 11.4. The molecule has 1 unspecified atom stereocenters. The molecule has 1 atom stereocenters. The van der Waals surface area contributed by atoms with E-state index in [4.69, 9.17) is 14.5 Å². The normalized spacial score (nSPS) is 20.7. The first-order valence-electron chi connectivity index (χ1n) is 11.4. The minimum atomic E-state index is -0.109. The van der Waals surface area contributed by atoms with Gasteiger partial charge >= 0.3 is 5.97 Å². The molecule has 0 aliphatic carbocycles. The van der Waals surface area contributed by atoms with E-state index in [0.29, 0.717) is 19.7 Å². The van der Waals surface area contributed by atoms with Gasteiger partial charge in [-0.05, 0) is 39.7 Å². The predicted octanol–water partition coefficient (Wildman–Crippen LogP) is 0.567. The van der Waals surface area contributed by atoms with E-state index < -0.39 is 0 Å². The van der Waals surface area contributed by atoms with Crippen LogP contribution in [0.5, 0.6) is 0 Å². The van der Waals surface area contributed by atoms with Gasteiger partial charge in [-0.3, -0.25) is 9.69 Å². The molecule has 1 aromatic rings. The van der Waals surface area contributed by atoms with Crippen molar-refractivity contribution in [1.29, 1.82) is 0 Å². The summed E-state index contributed by atoms with van der Waals surface area (Å²) < 4.78 is 12.6. The standard InChI is InChI=1S/C21H37N7O3/c1-4-31-20(29)18-7-5-10-28(16-18)21(23-15-19-25-24-17(2)26(19)3)22-8-6-9-27-11-13-30-14-12-27/h18H,4-16H2,1-3H3,(H,22,23). The average Bonchev–Trinajstić information content (AvgIpc) is 3.12. The highest BCUT2D eigenvalue weighted by molar-refractivity contribution is 5.81. The smallest absolute Gasteiger partial charge is 0.310 e. The zero-order valence-corrected chi connectivity index (χ0v) is 19.2. The van der Waals surface area contributed by atoms with Crippen molar-refractivity contribution in [2.24, 2.45) is 18.0 Å². The van der Waals surface area contributed by atoms with E-state index in [9.17, 15) is 4.79 Å². The molecule has 1 N–H and O–H groups in total. The van der Waals surface area contributed by atoms with E-state index in [1.54, 1.807) is 0 Å². The van der Waals surface area contributed by atoms with Crippen molar-refractivity contribution in [2.45, 2.75) is 39.7 Å². The lowest BCUT2D eigenvalue weighted by Gasteiger charge is -2.34. The number of aliphatic imine (C=N–C) groups is 1. The van der Waals surface area contributed by atoms with Crippen molar-refractivity contribution in [3.05, 3.63) is 11.6 Å². The van der Waals surface area contributed by atoms with Crippen LogP contribution in [0.1, 0.15) is 37.8 Å². The first kappa shape index (κ1) is 23.5. The second-order valence-electron chi connectivity index (χ2n) is 8.13. The van der Waals surface area contributed by atoms with Gasteiger partial charge in [0, 0.05) is 39.8 Å². The molecular weight excluding hydrogens is 398 g/mol. The van der Waals surface area contributed by atoms with Crippen LogP contribution in [0.15, 0.2) is 4.99 Å². The summed E-state index contributed by atoms with van der Waals surface area (Å²) in [4.78, 5) is 21.7. The Bertz CT molecular complexity index is 731. The fraction of sp³-hybridized carbons (Fsp3) is 0.810. The largest absolute Gasteiger partial charge is 0.466 e. The number of aromatic nitrogens is 3. The maximum absolute atomic E-state index is 12.3. The Morgan fingerprint density at radius 3 is 2.81 bits per heavy atom. The van der Waals surface area contributed by atoms with Crippen molar-refractivity contribution in [3.63, 3.8) is 0 Å². The number of morpholine rings is 1. The molecule has 2 saturated heterocycles. The number of piperidine rings is 1. The summed E-state index contributed by atoms with van der Waals surface area (Å²) in [6.07, 6.45) is 2.83. The highest BCUT2D eigenvalue weighted by atomic mass is 16.5. The molecule has 0 bridgehead atoms. The van der Waals surface area contributed by atoms with Gasteiger partial charge in [-0.25, -0.2) is 4.99 Å². The molecule has 31 heavy (non-hydrogen) atoms. The van der Waals surface area contributed by atoms with Gasteiger partial charge in [-0.2, -0.15) is 0 Å². The number of hydrogen-bond acceptors (Lipinski definition) is 7. The molecular formula is C21H37N7O3. The van der Waals surface area contributed by atoms with Gasteiger partial charge in [-0.1, -0.05) is 0 Å². The number of ether oxygens (including phenoxy) is 2. The van der Waals surface area contributed by atoms with Crippen LogP contribution < -0.4 is 5.32 Å². The van der Waals surface area contributed by atoms with Crippen molar-refractivity contribution in [2.75, 3.05) is 59.1 Å². The summed E-state index contributed by atoms with van der Waals surface area (Å²) in [5.74, 6) is 2.31. The van der Waals surface area contributed by atoms with Crippen LogP contribution in [0.25, 0.3) is 0 Å². The van der Waals surface area contributed by atoms with Gasteiger partial charge in [0.25, 0.3) is 0 Å². The first-order chi connectivity index (χ1) is 15.1. The maximum Gasteiger partial charge on any atom is 0.310 e. The second-order valence-corrected chi connectivity index (χ2v) is 8.13. The number of carbonyl (C=O) groups excluding carboxylic acids is 1. The molecule has 10 nitrogen and oxygen atoms in total. The Morgan fingerprint density at radius 2 is 2.10 bits per heavy atom. The number of rotatable bonds is 8. The Balaban J connectivity index is 1.60. The van der Waals surface area contributed by atoms with Crippen LogP contribution in [0.3, 0.4) is 0 Å². The third kappa shape index (κ3) is 6.90. The quantitative estimate of drug-likeness (QED) is 0.274. The molecule has 0 amide bonds. The topological polar surface area (TPSA) is 97.1 Å². The SMILES string of the molecule is CCOC(=O)C1CCCN(C(=NCc2nnc(C)n2C)NCCCN2CCOCC2)C1. The average molecular weight is 436 g/mol. The highest BCUT2D eigenvalue weighted by Gasteiger charge is 2.28. The molecule has 0 saturated carbocycles. The number of nitrogens with one attached hydrogen (secondary N) is 1. The summed E-state index contributed by atoms with van der Waals surface area (Å²) in [6, 6.07) is 0. The van der Waals surface area contributed by atoms with Crippen LogP contribution in [-0.4, -0.2) is 95.6 Å². The molecule has 0 spiro atoms. The van der Waals surface area contributed by atoms with E-state index in [-0.39, 0.29) is 11.9 Å². The Morgan fingerprint density at radius 1 is 1.29 bits per heavy atom. The molecule has 2 aliphatic heterocycles. The predicted molar refractivity (Wildman–Crippen MR) is 118 cm³/mol. The lowest BCUT2D eigenvalue weighted by atomic mass is 9.98. The minimum absolute atomic E-state index is 0.105. The fourth-order valence-electron chi connectivity index (χ4n) is 3.95. The molecule has 0 aromatic carbocycles. The number of aryl methyl sites for hydroxylation is 1. The molecule has 10 heteroatoms. The van der Waals surface area contributed by atoms with Gasteiger partial charge < -0.3 is 24.3 Å². The van der Waals surface area contributed by atoms with E-state index in [1.165, 1.54) is 0 Å². The third-order valence-electron chi connectivity index (χ3n) is 5.93. The van der Waals surface area contributed by atoms with Crippen molar-refractivity contribution in [3.8, 4) is 0 Å². The number of carbonyl (C=O) groups is 1. The summed E-state index contributed by atoms with van der Waals surface area (Å²) in [6.45, 7) is 11.7. The maximum atomic E-state index is 12.3. The lowest BCUT2D eigenvalue weighted by molar-refractivity contribution is -0.149. The van der Waals surface area contributed by atoms with Gasteiger partial charge in [0.05, 0.1) is 25.7 Å². The molecule has 3 heterocycles. The van der Waals surface area contributed by atoms with Crippen LogP contribution in [-0.2, 0) is 27.9 Å². The number of esters is 1. The summed E-state index contributed by atoms with van der Waals surface area (Å²) in [5, 5.41) is 11.9. The molecule has 2 fully saturated rings. The third-order valence-corrected chi connectivity index (χ3v) is 5.93. The van der Waals surface area contributed by atoms with E-state index in [1.807, 2.05) is 25.5 Å². The van der Waals surface area contributed by atoms with Crippen LogP contribution >= 0.6 is 0 Å². The number of likely N-dealkylation sites (tertiary alicyclic amines) is 1. The zero-order valence-electron chi connectivity index (χ0n) is 19.2. The van der Waals surface area contributed by atoms with E-state index >= 15 is 0 Å². The van der Waals surface area contributed by atoms with E-state index in [2.05, 4.69) is 25.3 Å². The highest BCUT2D eigenvalue weighted by Crippen LogP contribution is 2.18. The zero-order chi connectivity index (χ0) is 22.1. The minimum Gasteiger partial charge on any atom is -0.466 e. The molecule has 174 valence electrons. The van der Waals surface area contributed by atoms with Gasteiger partial charge in [0.15, 0.2) is 11.8 Å². The van der Waals surface area contributed by atoms with Crippen LogP contribution in [0.2, 0.25) is 0 Å². The molecule has 3 rings (SSSR count). The molecule has 1 aromatic heterocycles.